The summed E-state index contributed by atoms with van der Waals surface area (Å²) in [5.74, 6) is 0.445. The van der Waals surface area contributed by atoms with Gasteiger partial charge in [0.25, 0.3) is 0 Å². The quantitative estimate of drug-likeness (QED) is 0.924. The van der Waals surface area contributed by atoms with E-state index >= 15 is 0 Å². The lowest BCUT2D eigenvalue weighted by Gasteiger charge is -2.22. The van der Waals surface area contributed by atoms with Crippen molar-refractivity contribution in [2.24, 2.45) is 0 Å². The minimum Gasteiger partial charge on any atom is -0.331 e. The highest BCUT2D eigenvalue weighted by Gasteiger charge is 2.32. The van der Waals surface area contributed by atoms with Crippen LogP contribution in [0.15, 0.2) is 36.8 Å². The fourth-order valence-electron chi connectivity index (χ4n) is 2.64. The summed E-state index contributed by atoms with van der Waals surface area (Å²) < 4.78 is 1.64. The maximum absolute atomic E-state index is 12.3. The molecule has 2 aromatic rings. The van der Waals surface area contributed by atoms with Gasteiger partial charge in [0.1, 0.15) is 6.04 Å². The van der Waals surface area contributed by atoms with Gasteiger partial charge in [0, 0.05) is 25.9 Å². The van der Waals surface area contributed by atoms with Crippen LogP contribution in [0.2, 0.25) is 0 Å². The SMILES string of the molecule is CC(=O)N1CCC[C@H]1C(=O)Nc1ccc(-n2cccn2)nc1. The number of nitrogens with zero attached hydrogens (tertiary/aromatic N) is 4. The van der Waals surface area contributed by atoms with E-state index < -0.39 is 0 Å². The molecule has 1 atom stereocenters. The number of carbonyl (C=O) groups is 2. The molecule has 0 aliphatic carbocycles. The molecular weight excluding hydrogens is 282 g/mol. The van der Waals surface area contributed by atoms with E-state index in [-0.39, 0.29) is 17.9 Å². The molecule has 2 aromatic heterocycles. The third kappa shape index (κ3) is 2.83. The number of nitrogens with one attached hydrogen (secondary N) is 1. The predicted molar refractivity (Wildman–Crippen MR) is 80.4 cm³/mol. The summed E-state index contributed by atoms with van der Waals surface area (Å²) in [6.45, 7) is 2.13. The number of hydrogen-bond acceptors (Lipinski definition) is 4. The number of amides is 2. The van der Waals surface area contributed by atoms with Crippen LogP contribution in [-0.4, -0.2) is 44.1 Å². The van der Waals surface area contributed by atoms with Gasteiger partial charge >= 0.3 is 0 Å². The summed E-state index contributed by atoms with van der Waals surface area (Å²) >= 11 is 0. The molecule has 1 aliphatic rings. The Morgan fingerprint density at radius 3 is 2.86 bits per heavy atom. The molecule has 1 saturated heterocycles. The van der Waals surface area contributed by atoms with Crippen LogP contribution in [0.4, 0.5) is 5.69 Å². The van der Waals surface area contributed by atoms with E-state index in [0.29, 0.717) is 24.5 Å². The van der Waals surface area contributed by atoms with Gasteiger partial charge in [-0.2, -0.15) is 5.10 Å². The molecule has 7 heteroatoms. The zero-order valence-electron chi connectivity index (χ0n) is 12.3. The highest BCUT2D eigenvalue weighted by Crippen LogP contribution is 2.19. The first-order valence-electron chi connectivity index (χ1n) is 7.19. The molecule has 2 amide bonds. The Kier molecular flexibility index (Phi) is 3.86. The van der Waals surface area contributed by atoms with Gasteiger partial charge in [-0.3, -0.25) is 9.59 Å². The molecule has 0 saturated carbocycles. The molecule has 0 aromatic carbocycles. The van der Waals surface area contributed by atoms with E-state index in [0.717, 1.165) is 6.42 Å². The summed E-state index contributed by atoms with van der Waals surface area (Å²) in [4.78, 5) is 29.7. The normalized spacial score (nSPS) is 17.5. The average molecular weight is 299 g/mol. The van der Waals surface area contributed by atoms with E-state index in [9.17, 15) is 9.59 Å². The Morgan fingerprint density at radius 1 is 1.36 bits per heavy atom. The van der Waals surface area contributed by atoms with Crippen LogP contribution in [0.25, 0.3) is 5.82 Å². The zero-order valence-corrected chi connectivity index (χ0v) is 12.3. The van der Waals surface area contributed by atoms with Gasteiger partial charge in [-0.25, -0.2) is 9.67 Å². The lowest BCUT2D eigenvalue weighted by Crippen LogP contribution is -2.42. The van der Waals surface area contributed by atoms with Crippen molar-refractivity contribution in [3.63, 3.8) is 0 Å². The summed E-state index contributed by atoms with van der Waals surface area (Å²) in [5.41, 5.74) is 0.608. The van der Waals surface area contributed by atoms with Crippen molar-refractivity contribution in [1.29, 1.82) is 0 Å². The Labute approximate surface area is 127 Å². The van der Waals surface area contributed by atoms with Gasteiger partial charge in [-0.05, 0) is 31.0 Å². The van der Waals surface area contributed by atoms with Gasteiger partial charge < -0.3 is 10.2 Å². The Bertz CT molecular complexity index is 666. The molecule has 0 bridgehead atoms. The first kappa shape index (κ1) is 14.2. The summed E-state index contributed by atoms with van der Waals surface area (Å²) in [5, 5.41) is 6.91. The molecule has 0 spiro atoms. The van der Waals surface area contributed by atoms with Crippen molar-refractivity contribution in [2.75, 3.05) is 11.9 Å². The van der Waals surface area contributed by atoms with Gasteiger partial charge in [-0.15, -0.1) is 0 Å². The number of pyridine rings is 1. The molecular formula is C15H17N5O2. The van der Waals surface area contributed by atoms with Crippen molar-refractivity contribution in [3.8, 4) is 5.82 Å². The monoisotopic (exact) mass is 299 g/mol. The maximum atomic E-state index is 12.3. The lowest BCUT2D eigenvalue weighted by atomic mass is 10.2. The molecule has 1 fully saturated rings. The minimum atomic E-state index is -0.386. The van der Waals surface area contributed by atoms with Gasteiger partial charge in [-0.1, -0.05) is 0 Å². The highest BCUT2D eigenvalue weighted by molar-refractivity contribution is 5.97. The molecule has 0 radical (unpaired) electrons. The lowest BCUT2D eigenvalue weighted by molar-refractivity contribution is -0.134. The minimum absolute atomic E-state index is 0.0650. The Hall–Kier alpha value is -2.70. The van der Waals surface area contributed by atoms with Crippen LogP contribution in [-0.2, 0) is 9.59 Å². The fourth-order valence-corrected chi connectivity index (χ4v) is 2.64. The predicted octanol–water partition coefficient (Wildman–Crippen LogP) is 1.22. The van der Waals surface area contributed by atoms with Crippen molar-refractivity contribution in [3.05, 3.63) is 36.8 Å². The third-order valence-electron chi connectivity index (χ3n) is 3.71. The van der Waals surface area contributed by atoms with Crippen LogP contribution < -0.4 is 5.32 Å². The number of carbonyl (C=O) groups excluding carboxylic acids is 2. The smallest absolute Gasteiger partial charge is 0.247 e. The van der Waals surface area contributed by atoms with E-state index in [4.69, 9.17) is 0 Å². The van der Waals surface area contributed by atoms with Crippen molar-refractivity contribution in [1.82, 2.24) is 19.7 Å². The van der Waals surface area contributed by atoms with Crippen molar-refractivity contribution < 1.29 is 9.59 Å². The molecule has 22 heavy (non-hydrogen) atoms. The average Bonchev–Trinajstić information content (AvgIpc) is 3.19. The van der Waals surface area contributed by atoms with Crippen LogP contribution in [0.5, 0.6) is 0 Å². The van der Waals surface area contributed by atoms with E-state index in [1.165, 1.54) is 6.92 Å². The topological polar surface area (TPSA) is 80.1 Å². The number of rotatable bonds is 3. The highest BCUT2D eigenvalue weighted by atomic mass is 16.2. The molecule has 114 valence electrons. The third-order valence-corrected chi connectivity index (χ3v) is 3.71. The molecule has 1 aliphatic heterocycles. The first-order valence-corrected chi connectivity index (χ1v) is 7.19. The second-order valence-corrected chi connectivity index (χ2v) is 5.22. The van der Waals surface area contributed by atoms with E-state index in [1.807, 2.05) is 6.07 Å². The van der Waals surface area contributed by atoms with Gasteiger partial charge in [0.15, 0.2) is 5.82 Å². The van der Waals surface area contributed by atoms with E-state index in [2.05, 4.69) is 15.4 Å². The van der Waals surface area contributed by atoms with Gasteiger partial charge in [0.2, 0.25) is 11.8 Å². The molecule has 3 rings (SSSR count). The van der Waals surface area contributed by atoms with Crippen LogP contribution in [0.3, 0.4) is 0 Å². The molecule has 3 heterocycles. The maximum Gasteiger partial charge on any atom is 0.247 e. The van der Waals surface area contributed by atoms with Crippen molar-refractivity contribution >= 4 is 17.5 Å². The summed E-state index contributed by atoms with van der Waals surface area (Å²) in [7, 11) is 0. The number of likely N-dealkylation sites (tertiary alicyclic amines) is 1. The van der Waals surface area contributed by atoms with E-state index in [1.54, 1.807) is 40.3 Å². The van der Waals surface area contributed by atoms with Crippen LogP contribution in [0.1, 0.15) is 19.8 Å². The second kappa shape index (κ2) is 5.97. The standard InChI is InChI=1S/C15H17N5O2/c1-11(21)19-8-2-4-13(19)15(22)18-12-5-6-14(16-10-12)20-9-3-7-17-20/h3,5-7,9-10,13H,2,4,8H2,1H3,(H,18,22)/t13-/m0/s1. The zero-order chi connectivity index (χ0) is 15.5. The van der Waals surface area contributed by atoms with Crippen molar-refractivity contribution in [2.45, 2.75) is 25.8 Å². The Morgan fingerprint density at radius 2 is 2.23 bits per heavy atom. The Balaban J connectivity index is 1.68. The van der Waals surface area contributed by atoms with Crippen LogP contribution >= 0.6 is 0 Å². The van der Waals surface area contributed by atoms with Gasteiger partial charge in [0.05, 0.1) is 11.9 Å². The molecule has 1 N–H and O–H groups in total. The summed E-state index contributed by atoms with van der Waals surface area (Å²) in [6.07, 6.45) is 6.61. The number of hydrogen-bond donors (Lipinski definition) is 1. The second-order valence-electron chi connectivity index (χ2n) is 5.22. The summed E-state index contributed by atoms with van der Waals surface area (Å²) in [6, 6.07) is 4.98. The van der Waals surface area contributed by atoms with Crippen LogP contribution in [0, 0.1) is 0 Å². The number of aromatic nitrogens is 3. The number of anilines is 1. The fraction of sp³-hybridized carbons (Fsp3) is 0.333. The molecule has 0 unspecified atom stereocenters. The molecule has 7 nitrogen and oxygen atoms in total. The first-order chi connectivity index (χ1) is 10.6. The largest absolute Gasteiger partial charge is 0.331 e.